The van der Waals surface area contributed by atoms with Gasteiger partial charge in [-0.15, -0.1) is 0 Å². The molecule has 0 radical (unpaired) electrons. The topological polar surface area (TPSA) is 73.1 Å². The molecule has 84 valence electrons. The molecule has 0 unspecified atom stereocenters. The smallest absolute Gasteiger partial charge is 0.197 e. The van der Waals surface area contributed by atoms with Gasteiger partial charge >= 0.3 is 0 Å². The lowest BCUT2D eigenvalue weighted by Gasteiger charge is -2.14. The van der Waals surface area contributed by atoms with Gasteiger partial charge in [0.15, 0.2) is 14.9 Å². The molecule has 15 heavy (non-hydrogen) atoms. The molecule has 1 heterocycles. The van der Waals surface area contributed by atoms with Gasteiger partial charge in [-0.05, 0) is 18.1 Å². The molecule has 0 amide bonds. The number of hydrogen-bond acceptors (Lipinski definition) is 4. The van der Waals surface area contributed by atoms with E-state index >= 15 is 0 Å². The summed E-state index contributed by atoms with van der Waals surface area (Å²) in [5.41, 5.74) is 5.73. The highest BCUT2D eigenvalue weighted by Gasteiger charge is 2.21. The highest BCUT2D eigenvalue weighted by molar-refractivity contribution is 7.91. The molecule has 0 spiro atoms. The third kappa shape index (κ3) is 3.28. The van der Waals surface area contributed by atoms with E-state index in [-0.39, 0.29) is 22.7 Å². The summed E-state index contributed by atoms with van der Waals surface area (Å²) in [6.45, 7) is 3.80. The lowest BCUT2D eigenvalue weighted by molar-refractivity contribution is 0.515. The monoisotopic (exact) mass is 228 g/mol. The first-order chi connectivity index (χ1) is 6.93. The Labute approximate surface area is 90.4 Å². The third-order valence-corrected chi connectivity index (χ3v) is 3.93. The van der Waals surface area contributed by atoms with Gasteiger partial charge in [0.05, 0.1) is 5.75 Å². The first-order valence-electron chi connectivity index (χ1n) is 4.83. The molecule has 1 aromatic rings. The molecule has 0 aliphatic rings. The molecule has 4 nitrogen and oxygen atoms in total. The van der Waals surface area contributed by atoms with E-state index in [4.69, 9.17) is 5.73 Å². The summed E-state index contributed by atoms with van der Waals surface area (Å²) in [4.78, 5) is 3.82. The highest BCUT2D eigenvalue weighted by atomic mass is 32.2. The van der Waals surface area contributed by atoms with Crippen molar-refractivity contribution in [3.8, 4) is 0 Å². The molecule has 1 aromatic heterocycles. The van der Waals surface area contributed by atoms with E-state index in [1.54, 1.807) is 12.1 Å². The van der Waals surface area contributed by atoms with Crippen LogP contribution >= 0.6 is 0 Å². The largest absolute Gasteiger partial charge is 0.327 e. The summed E-state index contributed by atoms with van der Waals surface area (Å²) in [5, 5.41) is 0.0982. The highest BCUT2D eigenvalue weighted by Crippen LogP contribution is 2.10. The summed E-state index contributed by atoms with van der Waals surface area (Å²) in [6.07, 6.45) is 1.47. The van der Waals surface area contributed by atoms with Gasteiger partial charge in [-0.25, -0.2) is 13.4 Å². The minimum absolute atomic E-state index is 0.0539. The second-order valence-corrected chi connectivity index (χ2v) is 5.84. The van der Waals surface area contributed by atoms with Gasteiger partial charge in [0.1, 0.15) is 0 Å². The quantitative estimate of drug-likeness (QED) is 0.828. The first kappa shape index (κ1) is 12.1. The lowest BCUT2D eigenvalue weighted by Crippen LogP contribution is -2.34. The molecule has 0 bridgehead atoms. The number of pyridine rings is 1. The summed E-state index contributed by atoms with van der Waals surface area (Å²) in [6, 6.07) is 4.47. The molecule has 2 N–H and O–H groups in total. The van der Waals surface area contributed by atoms with Gasteiger partial charge in [-0.3, -0.25) is 0 Å². The number of rotatable bonds is 4. The van der Waals surface area contributed by atoms with Gasteiger partial charge < -0.3 is 5.73 Å². The Bertz CT molecular complexity index is 401. The molecular weight excluding hydrogens is 212 g/mol. The fourth-order valence-electron chi connectivity index (χ4n) is 1.06. The van der Waals surface area contributed by atoms with Crippen LogP contribution in [0.1, 0.15) is 13.8 Å². The van der Waals surface area contributed by atoms with Crippen LogP contribution in [0.4, 0.5) is 0 Å². The Hall–Kier alpha value is -0.940. The molecular formula is C10H16N2O2S. The Morgan fingerprint density at radius 1 is 1.40 bits per heavy atom. The van der Waals surface area contributed by atoms with E-state index in [0.29, 0.717) is 0 Å². The van der Waals surface area contributed by atoms with E-state index < -0.39 is 9.84 Å². The maximum atomic E-state index is 11.8. The van der Waals surface area contributed by atoms with Crippen molar-refractivity contribution in [1.29, 1.82) is 0 Å². The number of nitrogens with zero attached hydrogens (tertiary/aromatic N) is 1. The van der Waals surface area contributed by atoms with Gasteiger partial charge in [-0.2, -0.15) is 0 Å². The van der Waals surface area contributed by atoms with E-state index in [0.717, 1.165) is 0 Å². The summed E-state index contributed by atoms with van der Waals surface area (Å²) >= 11 is 0. The van der Waals surface area contributed by atoms with Crippen LogP contribution in [0.2, 0.25) is 0 Å². The molecule has 0 saturated heterocycles. The standard InChI is InChI=1S/C10H16N2O2S/c1-8(2)9(11)7-15(13,14)10-5-3-4-6-12-10/h3-6,8-9H,7,11H2,1-2H3/t9-/m1/s1. The molecule has 0 aliphatic heterocycles. The normalized spacial score (nSPS) is 14.1. The van der Waals surface area contributed by atoms with Crippen LogP contribution in [0.15, 0.2) is 29.4 Å². The zero-order valence-electron chi connectivity index (χ0n) is 8.92. The van der Waals surface area contributed by atoms with Crippen molar-refractivity contribution >= 4 is 9.84 Å². The van der Waals surface area contributed by atoms with Crippen LogP contribution in [-0.2, 0) is 9.84 Å². The van der Waals surface area contributed by atoms with Crippen molar-refractivity contribution in [3.63, 3.8) is 0 Å². The Kier molecular flexibility index (Phi) is 3.82. The van der Waals surface area contributed by atoms with Crippen LogP contribution in [0, 0.1) is 5.92 Å². The fourth-order valence-corrected chi connectivity index (χ4v) is 2.63. The predicted octanol–water partition coefficient (Wildman–Crippen LogP) is 0.839. The van der Waals surface area contributed by atoms with Crippen LogP contribution in [0.5, 0.6) is 0 Å². The number of nitrogens with two attached hydrogens (primary N) is 1. The van der Waals surface area contributed by atoms with Gasteiger partial charge in [-0.1, -0.05) is 19.9 Å². The molecule has 0 aliphatic carbocycles. The maximum Gasteiger partial charge on any atom is 0.197 e. The van der Waals surface area contributed by atoms with Crippen molar-refractivity contribution < 1.29 is 8.42 Å². The average Bonchev–Trinajstić information content (AvgIpc) is 2.18. The summed E-state index contributed by atoms with van der Waals surface area (Å²) in [5.74, 6) is 0.0882. The van der Waals surface area contributed by atoms with Crippen LogP contribution in [0.25, 0.3) is 0 Å². The lowest BCUT2D eigenvalue weighted by atomic mass is 10.1. The molecule has 0 saturated carbocycles. The average molecular weight is 228 g/mol. The van der Waals surface area contributed by atoms with Crippen LogP contribution < -0.4 is 5.73 Å². The molecule has 1 atom stereocenters. The third-order valence-electron chi connectivity index (χ3n) is 2.22. The number of aromatic nitrogens is 1. The van der Waals surface area contributed by atoms with E-state index in [9.17, 15) is 8.42 Å². The number of hydrogen-bond donors (Lipinski definition) is 1. The van der Waals surface area contributed by atoms with Gasteiger partial charge in [0.2, 0.25) is 0 Å². The minimum atomic E-state index is -3.34. The fraction of sp³-hybridized carbons (Fsp3) is 0.500. The van der Waals surface area contributed by atoms with Crippen molar-refractivity contribution in [3.05, 3.63) is 24.4 Å². The van der Waals surface area contributed by atoms with E-state index in [1.807, 2.05) is 13.8 Å². The molecule has 0 aromatic carbocycles. The Balaban J connectivity index is 2.86. The predicted molar refractivity (Wildman–Crippen MR) is 59.1 cm³/mol. The van der Waals surface area contributed by atoms with Crippen LogP contribution in [-0.4, -0.2) is 25.2 Å². The Morgan fingerprint density at radius 3 is 2.53 bits per heavy atom. The summed E-state index contributed by atoms with van der Waals surface area (Å²) < 4.78 is 23.6. The Morgan fingerprint density at radius 2 is 2.07 bits per heavy atom. The van der Waals surface area contributed by atoms with Crippen molar-refractivity contribution in [2.75, 3.05) is 5.75 Å². The maximum absolute atomic E-state index is 11.8. The minimum Gasteiger partial charge on any atom is -0.327 e. The van der Waals surface area contributed by atoms with Crippen molar-refractivity contribution in [2.24, 2.45) is 11.7 Å². The van der Waals surface area contributed by atoms with E-state index in [2.05, 4.69) is 4.98 Å². The first-order valence-corrected chi connectivity index (χ1v) is 6.48. The van der Waals surface area contributed by atoms with Crippen molar-refractivity contribution in [1.82, 2.24) is 4.98 Å². The molecule has 0 fully saturated rings. The van der Waals surface area contributed by atoms with E-state index in [1.165, 1.54) is 12.3 Å². The van der Waals surface area contributed by atoms with Gasteiger partial charge in [0, 0.05) is 12.2 Å². The zero-order chi connectivity index (χ0) is 11.5. The van der Waals surface area contributed by atoms with Crippen LogP contribution in [0.3, 0.4) is 0 Å². The second-order valence-electron chi connectivity index (χ2n) is 3.86. The molecule has 5 heteroatoms. The molecule has 1 rings (SSSR count). The summed E-state index contributed by atoms with van der Waals surface area (Å²) in [7, 11) is -3.34. The second kappa shape index (κ2) is 4.72. The number of sulfone groups is 1. The zero-order valence-corrected chi connectivity index (χ0v) is 9.74. The van der Waals surface area contributed by atoms with Crippen molar-refractivity contribution in [2.45, 2.75) is 24.9 Å². The van der Waals surface area contributed by atoms with Gasteiger partial charge in [0.25, 0.3) is 0 Å². The SMILES string of the molecule is CC(C)[C@H](N)CS(=O)(=O)c1ccccn1.